The number of hydrogen-bond acceptors (Lipinski definition) is 4. The van der Waals surface area contributed by atoms with Crippen molar-refractivity contribution in [2.45, 2.75) is 6.54 Å². The van der Waals surface area contributed by atoms with Crippen molar-refractivity contribution in [3.63, 3.8) is 0 Å². The van der Waals surface area contributed by atoms with E-state index < -0.39 is 6.09 Å². The van der Waals surface area contributed by atoms with Gasteiger partial charge in [-0.3, -0.25) is 0 Å². The van der Waals surface area contributed by atoms with Gasteiger partial charge in [-0.2, -0.15) is 4.98 Å². The van der Waals surface area contributed by atoms with Crippen LogP contribution in [0.25, 0.3) is 0 Å². The maximum atomic E-state index is 10.2. The van der Waals surface area contributed by atoms with E-state index in [4.69, 9.17) is 15.6 Å². The van der Waals surface area contributed by atoms with Crippen LogP contribution in [0, 0.1) is 0 Å². The number of rotatable bonds is 3. The lowest BCUT2D eigenvalue weighted by atomic mass is 10.2. The first-order chi connectivity index (χ1) is 6.63. The Bertz CT molecular complexity index is 341. The highest BCUT2D eigenvalue weighted by atomic mass is 16.5. The summed E-state index contributed by atoms with van der Waals surface area (Å²) in [5.41, 5.74) is 6.07. The third-order valence-corrected chi connectivity index (χ3v) is 1.58. The molecule has 0 fully saturated rings. The first-order valence-electron chi connectivity index (χ1n) is 3.89. The molecule has 6 nitrogen and oxygen atoms in total. The molecule has 76 valence electrons. The largest absolute Gasteiger partial charge is 0.481 e. The molecule has 14 heavy (non-hydrogen) atoms. The quantitative estimate of drug-likeness (QED) is 0.653. The lowest BCUT2D eigenvalue weighted by Crippen LogP contribution is -2.20. The Morgan fingerprint density at radius 2 is 2.43 bits per heavy atom. The molecule has 0 aliphatic heterocycles. The Morgan fingerprint density at radius 3 is 3.00 bits per heavy atom. The van der Waals surface area contributed by atoms with Gasteiger partial charge < -0.3 is 20.9 Å². The molecule has 0 bridgehead atoms. The van der Waals surface area contributed by atoms with Crippen LogP contribution in [0.4, 0.5) is 10.6 Å². The molecule has 0 spiro atoms. The van der Waals surface area contributed by atoms with Gasteiger partial charge in [0, 0.05) is 5.56 Å². The van der Waals surface area contributed by atoms with Crippen LogP contribution in [0.3, 0.4) is 0 Å². The highest BCUT2D eigenvalue weighted by Gasteiger charge is 2.05. The Morgan fingerprint density at radius 1 is 1.71 bits per heavy atom. The van der Waals surface area contributed by atoms with E-state index in [2.05, 4.69) is 10.3 Å². The van der Waals surface area contributed by atoms with E-state index in [-0.39, 0.29) is 6.54 Å². The molecule has 1 aromatic rings. The zero-order valence-electron chi connectivity index (χ0n) is 7.65. The molecule has 6 heteroatoms. The molecule has 0 aromatic carbocycles. The van der Waals surface area contributed by atoms with E-state index >= 15 is 0 Å². The van der Waals surface area contributed by atoms with Crippen LogP contribution < -0.4 is 15.8 Å². The SMILES string of the molecule is COc1nc(N)ccc1CNC(=O)O. The van der Waals surface area contributed by atoms with Crippen molar-refractivity contribution < 1.29 is 14.6 Å². The predicted molar refractivity (Wildman–Crippen MR) is 50.1 cm³/mol. The highest BCUT2D eigenvalue weighted by Crippen LogP contribution is 2.16. The van der Waals surface area contributed by atoms with Gasteiger partial charge in [0.05, 0.1) is 13.7 Å². The lowest BCUT2D eigenvalue weighted by molar-refractivity contribution is 0.194. The number of hydrogen-bond donors (Lipinski definition) is 3. The Hall–Kier alpha value is -1.98. The Labute approximate surface area is 80.7 Å². The molecule has 0 aliphatic rings. The number of nitrogens with two attached hydrogens (primary N) is 1. The van der Waals surface area contributed by atoms with Crippen LogP contribution in [0.2, 0.25) is 0 Å². The van der Waals surface area contributed by atoms with Gasteiger partial charge in [0.25, 0.3) is 0 Å². The number of aromatic nitrogens is 1. The first-order valence-corrected chi connectivity index (χ1v) is 3.89. The fraction of sp³-hybridized carbons (Fsp3) is 0.250. The first kappa shape index (κ1) is 10.1. The Kier molecular flexibility index (Phi) is 3.11. The Balaban J connectivity index is 2.80. The van der Waals surface area contributed by atoms with Crippen LogP contribution in [-0.2, 0) is 6.54 Å². The summed E-state index contributed by atoms with van der Waals surface area (Å²) in [6.45, 7) is 0.145. The number of ether oxygens (including phenoxy) is 1. The second-order valence-electron chi connectivity index (χ2n) is 2.56. The van der Waals surface area contributed by atoms with Crippen LogP contribution >= 0.6 is 0 Å². The summed E-state index contributed by atoms with van der Waals surface area (Å²) in [6, 6.07) is 3.25. The second-order valence-corrected chi connectivity index (χ2v) is 2.56. The average Bonchev–Trinajstić information content (AvgIpc) is 2.15. The third kappa shape index (κ3) is 2.51. The highest BCUT2D eigenvalue weighted by molar-refractivity contribution is 5.64. The number of nitrogens with zero attached hydrogens (tertiary/aromatic N) is 1. The molecule has 1 aromatic heterocycles. The number of methoxy groups -OCH3 is 1. The van der Waals surface area contributed by atoms with E-state index in [1.54, 1.807) is 12.1 Å². The van der Waals surface area contributed by atoms with E-state index in [9.17, 15) is 4.79 Å². The van der Waals surface area contributed by atoms with E-state index in [1.807, 2.05) is 0 Å². The minimum Gasteiger partial charge on any atom is -0.481 e. The molecule has 0 unspecified atom stereocenters. The van der Waals surface area contributed by atoms with Gasteiger partial charge in [0.15, 0.2) is 0 Å². The molecule has 0 radical (unpaired) electrons. The van der Waals surface area contributed by atoms with Gasteiger partial charge in [-0.1, -0.05) is 0 Å². The molecule has 0 saturated heterocycles. The normalized spacial score (nSPS) is 9.50. The lowest BCUT2D eigenvalue weighted by Gasteiger charge is -2.07. The summed E-state index contributed by atoms with van der Waals surface area (Å²) in [5.74, 6) is 0.666. The summed E-state index contributed by atoms with van der Waals surface area (Å²) in [4.78, 5) is 14.1. The fourth-order valence-corrected chi connectivity index (χ4v) is 0.966. The van der Waals surface area contributed by atoms with E-state index in [1.165, 1.54) is 7.11 Å². The molecule has 1 amide bonds. The number of anilines is 1. The van der Waals surface area contributed by atoms with Crippen molar-refractivity contribution in [1.29, 1.82) is 0 Å². The predicted octanol–water partition coefficient (Wildman–Crippen LogP) is 0.440. The van der Waals surface area contributed by atoms with Crippen LogP contribution in [0.1, 0.15) is 5.56 Å². The molecular formula is C8H11N3O3. The number of pyridine rings is 1. The fourth-order valence-electron chi connectivity index (χ4n) is 0.966. The maximum Gasteiger partial charge on any atom is 0.404 e. The number of nitrogens with one attached hydrogen (secondary N) is 1. The zero-order valence-corrected chi connectivity index (χ0v) is 7.65. The van der Waals surface area contributed by atoms with E-state index in [0.717, 1.165) is 0 Å². The third-order valence-electron chi connectivity index (χ3n) is 1.58. The van der Waals surface area contributed by atoms with Crippen molar-refractivity contribution in [3.8, 4) is 5.88 Å². The van der Waals surface area contributed by atoms with Crippen LogP contribution in [-0.4, -0.2) is 23.3 Å². The summed E-state index contributed by atoms with van der Waals surface area (Å²) in [7, 11) is 1.45. The second kappa shape index (κ2) is 4.31. The van der Waals surface area contributed by atoms with Gasteiger partial charge in [-0.05, 0) is 12.1 Å². The standard InChI is InChI=1S/C8H11N3O3/c1-14-7-5(4-10-8(12)13)2-3-6(9)11-7/h2-3,10H,4H2,1H3,(H2,9,11)(H,12,13). The number of carbonyl (C=O) groups is 1. The van der Waals surface area contributed by atoms with Crippen molar-refractivity contribution in [2.75, 3.05) is 12.8 Å². The minimum absolute atomic E-state index is 0.145. The van der Waals surface area contributed by atoms with Crippen molar-refractivity contribution in [1.82, 2.24) is 10.3 Å². The molecule has 4 N–H and O–H groups in total. The topological polar surface area (TPSA) is 97.5 Å². The van der Waals surface area contributed by atoms with Crippen LogP contribution in [0.5, 0.6) is 5.88 Å². The molecule has 0 aliphatic carbocycles. The van der Waals surface area contributed by atoms with Gasteiger partial charge in [0.1, 0.15) is 5.82 Å². The molecule has 1 rings (SSSR count). The summed E-state index contributed by atoms with van der Waals surface area (Å²) in [6.07, 6.45) is -1.09. The molecule has 1 heterocycles. The van der Waals surface area contributed by atoms with Gasteiger partial charge >= 0.3 is 6.09 Å². The monoisotopic (exact) mass is 197 g/mol. The molecule has 0 atom stereocenters. The van der Waals surface area contributed by atoms with E-state index in [0.29, 0.717) is 17.3 Å². The number of carboxylic acid groups (broad SMARTS) is 1. The van der Waals surface area contributed by atoms with Gasteiger partial charge in [-0.15, -0.1) is 0 Å². The summed E-state index contributed by atoms with van der Waals surface area (Å²) in [5, 5.41) is 10.6. The maximum absolute atomic E-state index is 10.2. The molecule has 0 saturated carbocycles. The molecular weight excluding hydrogens is 186 g/mol. The van der Waals surface area contributed by atoms with Crippen molar-refractivity contribution in [2.24, 2.45) is 0 Å². The van der Waals surface area contributed by atoms with Crippen molar-refractivity contribution >= 4 is 11.9 Å². The van der Waals surface area contributed by atoms with Crippen LogP contribution in [0.15, 0.2) is 12.1 Å². The smallest absolute Gasteiger partial charge is 0.404 e. The zero-order chi connectivity index (χ0) is 10.6. The minimum atomic E-state index is -1.09. The summed E-state index contributed by atoms with van der Waals surface area (Å²) < 4.78 is 4.93. The number of amides is 1. The van der Waals surface area contributed by atoms with Gasteiger partial charge in [0.2, 0.25) is 5.88 Å². The number of nitrogen functional groups attached to an aromatic ring is 1. The van der Waals surface area contributed by atoms with Gasteiger partial charge in [-0.25, -0.2) is 4.79 Å². The average molecular weight is 197 g/mol. The van der Waals surface area contributed by atoms with Crippen molar-refractivity contribution in [3.05, 3.63) is 17.7 Å². The summed E-state index contributed by atoms with van der Waals surface area (Å²) >= 11 is 0.